The Balaban J connectivity index is 1.20. The van der Waals surface area contributed by atoms with Crippen molar-refractivity contribution in [2.75, 3.05) is 18.4 Å². The molecule has 1 aromatic heterocycles. The number of carbonyl (C=O) groups excluding carboxylic acids is 2. The molecule has 0 saturated carbocycles. The van der Waals surface area contributed by atoms with E-state index in [0.29, 0.717) is 23.5 Å². The number of fused-ring (bicyclic) bond motifs is 2. The van der Waals surface area contributed by atoms with Crippen LogP contribution in [0.5, 0.6) is 0 Å². The minimum Gasteiger partial charge on any atom is -0.354 e. The normalized spacial score (nSPS) is 24.3. The number of aryl methyl sites for hydroxylation is 2. The molecule has 2 aliphatic heterocycles. The second-order valence-corrected chi connectivity index (χ2v) is 11.7. The van der Waals surface area contributed by atoms with Crippen molar-refractivity contribution >= 4 is 38.9 Å². The smallest absolute Gasteiger partial charge is 0.265 e. The first-order valence-electron chi connectivity index (χ1n) is 10.9. The Bertz CT molecular complexity index is 1170. The third-order valence-corrected chi connectivity index (χ3v) is 9.49. The number of carbonyl (C=O) groups is 2. The van der Waals surface area contributed by atoms with Gasteiger partial charge in [0.15, 0.2) is 0 Å². The highest BCUT2D eigenvalue weighted by atomic mass is 32.2. The molecule has 3 heterocycles. The van der Waals surface area contributed by atoms with Gasteiger partial charge < -0.3 is 15.4 Å². The number of sulfonamides is 1. The summed E-state index contributed by atoms with van der Waals surface area (Å²) in [5.41, 5.74) is 1.82. The van der Waals surface area contributed by atoms with Gasteiger partial charge in [0.2, 0.25) is 15.9 Å². The van der Waals surface area contributed by atoms with Crippen LogP contribution < -0.4 is 10.6 Å². The standard InChI is InChI=1S/C23H25N3O5S2/c1-2-21(27)25-22-11-15-12-26(13-18(15)31-22)33(29,30)17-8-6-16(7-9-17)24-23(28)20-10-14-4-3-5-19(14)32-20/h2,6-10,15,18,22H,1,3-5,11-13H2,(H,24,28)(H,25,27). The highest BCUT2D eigenvalue weighted by Gasteiger charge is 2.46. The topological polar surface area (TPSA) is 105 Å². The molecule has 1 aliphatic carbocycles. The van der Waals surface area contributed by atoms with Crippen molar-refractivity contribution in [3.05, 3.63) is 58.3 Å². The van der Waals surface area contributed by atoms with Crippen molar-refractivity contribution in [1.82, 2.24) is 9.62 Å². The van der Waals surface area contributed by atoms with Gasteiger partial charge in [0.1, 0.15) is 6.23 Å². The Kier molecular flexibility index (Phi) is 5.86. The maximum Gasteiger partial charge on any atom is 0.265 e. The minimum absolute atomic E-state index is 0.0286. The predicted octanol–water partition coefficient (Wildman–Crippen LogP) is 2.53. The van der Waals surface area contributed by atoms with Gasteiger partial charge in [-0.05, 0) is 67.7 Å². The lowest BCUT2D eigenvalue weighted by molar-refractivity contribution is -0.120. The number of ether oxygens (including phenoxy) is 1. The molecule has 0 spiro atoms. The maximum atomic E-state index is 13.1. The highest BCUT2D eigenvalue weighted by Crippen LogP contribution is 2.35. The molecule has 33 heavy (non-hydrogen) atoms. The zero-order chi connectivity index (χ0) is 23.2. The van der Waals surface area contributed by atoms with E-state index in [-0.39, 0.29) is 35.3 Å². The molecule has 5 rings (SSSR count). The van der Waals surface area contributed by atoms with Crippen molar-refractivity contribution in [1.29, 1.82) is 0 Å². The van der Waals surface area contributed by atoms with Gasteiger partial charge in [-0.1, -0.05) is 6.58 Å². The molecular weight excluding hydrogens is 462 g/mol. The highest BCUT2D eigenvalue weighted by molar-refractivity contribution is 7.89. The second-order valence-electron chi connectivity index (χ2n) is 8.58. The van der Waals surface area contributed by atoms with Gasteiger partial charge in [-0.2, -0.15) is 4.31 Å². The summed E-state index contributed by atoms with van der Waals surface area (Å²) < 4.78 is 33.5. The second kappa shape index (κ2) is 8.68. The fourth-order valence-electron chi connectivity index (χ4n) is 4.73. The predicted molar refractivity (Wildman–Crippen MR) is 125 cm³/mol. The Hall–Kier alpha value is -2.53. The van der Waals surface area contributed by atoms with Crippen molar-refractivity contribution in [3.63, 3.8) is 0 Å². The Morgan fingerprint density at radius 2 is 1.97 bits per heavy atom. The molecular formula is C23H25N3O5S2. The molecule has 2 saturated heterocycles. The summed E-state index contributed by atoms with van der Waals surface area (Å²) in [5.74, 6) is -0.451. The van der Waals surface area contributed by atoms with E-state index in [1.807, 2.05) is 6.07 Å². The first-order valence-corrected chi connectivity index (χ1v) is 13.2. The van der Waals surface area contributed by atoms with E-state index in [0.717, 1.165) is 19.3 Å². The molecule has 174 valence electrons. The molecule has 0 bridgehead atoms. The van der Waals surface area contributed by atoms with Crippen LogP contribution in [0.3, 0.4) is 0 Å². The lowest BCUT2D eigenvalue weighted by Gasteiger charge is -2.19. The van der Waals surface area contributed by atoms with E-state index in [2.05, 4.69) is 17.2 Å². The van der Waals surface area contributed by atoms with Crippen LogP contribution in [0.4, 0.5) is 5.69 Å². The number of benzene rings is 1. The quantitative estimate of drug-likeness (QED) is 0.610. The van der Waals surface area contributed by atoms with Crippen LogP contribution in [0.25, 0.3) is 0 Å². The number of anilines is 1. The summed E-state index contributed by atoms with van der Waals surface area (Å²) in [7, 11) is -3.68. The molecule has 2 fully saturated rings. The van der Waals surface area contributed by atoms with E-state index >= 15 is 0 Å². The van der Waals surface area contributed by atoms with E-state index in [9.17, 15) is 18.0 Å². The van der Waals surface area contributed by atoms with Gasteiger partial charge in [-0.3, -0.25) is 9.59 Å². The third-order valence-electron chi connectivity index (χ3n) is 6.41. The molecule has 2 aromatic rings. The summed E-state index contributed by atoms with van der Waals surface area (Å²) in [6.07, 6.45) is 4.30. The van der Waals surface area contributed by atoms with E-state index in [1.54, 1.807) is 12.1 Å². The fourth-order valence-corrected chi connectivity index (χ4v) is 7.38. The largest absolute Gasteiger partial charge is 0.354 e. The van der Waals surface area contributed by atoms with Crippen LogP contribution in [0.1, 0.15) is 33.0 Å². The van der Waals surface area contributed by atoms with Crippen molar-refractivity contribution in [3.8, 4) is 0 Å². The molecule has 2 amide bonds. The Morgan fingerprint density at radius 1 is 1.18 bits per heavy atom. The Labute approximate surface area is 196 Å². The summed E-state index contributed by atoms with van der Waals surface area (Å²) >= 11 is 1.53. The minimum atomic E-state index is -3.68. The third kappa shape index (κ3) is 4.35. The monoisotopic (exact) mass is 487 g/mol. The number of rotatable bonds is 6. The number of thiophene rings is 1. The van der Waals surface area contributed by atoms with Crippen molar-refractivity contribution in [2.45, 2.75) is 42.9 Å². The van der Waals surface area contributed by atoms with Crippen molar-refractivity contribution in [2.24, 2.45) is 5.92 Å². The number of nitrogens with zero attached hydrogens (tertiary/aromatic N) is 1. The number of hydrogen-bond acceptors (Lipinski definition) is 6. The van der Waals surface area contributed by atoms with E-state index in [1.165, 1.54) is 44.3 Å². The van der Waals surface area contributed by atoms with Gasteiger partial charge >= 0.3 is 0 Å². The van der Waals surface area contributed by atoms with E-state index < -0.39 is 16.3 Å². The van der Waals surface area contributed by atoms with Gasteiger partial charge in [0.25, 0.3) is 5.91 Å². The molecule has 8 nitrogen and oxygen atoms in total. The summed E-state index contributed by atoms with van der Waals surface area (Å²) in [6, 6.07) is 8.21. The van der Waals surface area contributed by atoms with Gasteiger partial charge in [-0.15, -0.1) is 11.3 Å². The van der Waals surface area contributed by atoms with Crippen LogP contribution >= 0.6 is 11.3 Å². The van der Waals surface area contributed by atoms with Crippen LogP contribution in [0, 0.1) is 5.92 Å². The SMILES string of the molecule is C=CC(=O)NC1CC2CN(S(=O)(=O)c3ccc(NC(=O)c4cc5c(s4)CCC5)cc3)CC2O1. The van der Waals surface area contributed by atoms with Gasteiger partial charge in [0.05, 0.1) is 15.9 Å². The maximum absolute atomic E-state index is 13.1. The summed E-state index contributed by atoms with van der Waals surface area (Å²) in [6.45, 7) is 4.01. The fraction of sp³-hybridized carbons (Fsp3) is 0.391. The summed E-state index contributed by atoms with van der Waals surface area (Å²) in [5, 5.41) is 5.56. The Morgan fingerprint density at radius 3 is 2.67 bits per heavy atom. The van der Waals surface area contributed by atoms with E-state index in [4.69, 9.17) is 4.74 Å². The molecule has 3 unspecified atom stereocenters. The molecule has 1 aromatic carbocycles. The average molecular weight is 488 g/mol. The molecule has 3 aliphatic rings. The van der Waals surface area contributed by atoms with Crippen LogP contribution in [-0.2, 0) is 32.4 Å². The first kappa shape index (κ1) is 22.3. The lowest BCUT2D eigenvalue weighted by atomic mass is 10.1. The van der Waals surface area contributed by atoms with Crippen LogP contribution in [0.2, 0.25) is 0 Å². The molecule has 3 atom stereocenters. The number of amides is 2. The molecule has 10 heteroatoms. The molecule has 2 N–H and O–H groups in total. The number of hydrogen-bond donors (Lipinski definition) is 2. The van der Waals surface area contributed by atoms with Crippen molar-refractivity contribution < 1.29 is 22.7 Å². The van der Waals surface area contributed by atoms with Gasteiger partial charge in [0, 0.05) is 29.6 Å². The van der Waals surface area contributed by atoms with Crippen LogP contribution in [0.15, 0.2) is 47.9 Å². The van der Waals surface area contributed by atoms with Crippen LogP contribution in [-0.4, -0.2) is 50.0 Å². The molecule has 0 radical (unpaired) electrons. The summed E-state index contributed by atoms with van der Waals surface area (Å²) in [4.78, 5) is 26.2. The average Bonchev–Trinajstić information content (AvgIpc) is 3.54. The van der Waals surface area contributed by atoms with Gasteiger partial charge in [-0.25, -0.2) is 8.42 Å². The zero-order valence-electron chi connectivity index (χ0n) is 18.0. The number of nitrogens with one attached hydrogen (secondary N) is 2. The lowest BCUT2D eigenvalue weighted by Crippen LogP contribution is -2.37. The zero-order valence-corrected chi connectivity index (χ0v) is 19.6. The first-order chi connectivity index (χ1) is 15.8.